The van der Waals surface area contributed by atoms with Crippen molar-refractivity contribution in [3.05, 3.63) is 68.7 Å². The average molecular weight is 353 g/mol. The van der Waals surface area contributed by atoms with Crippen LogP contribution in [0.2, 0.25) is 5.02 Å². The third kappa shape index (κ3) is 4.08. The molecule has 0 spiro atoms. The van der Waals surface area contributed by atoms with Crippen LogP contribution in [0.5, 0.6) is 0 Å². The second-order valence-corrected chi connectivity index (χ2v) is 6.29. The van der Waals surface area contributed by atoms with Crippen LogP contribution in [0.3, 0.4) is 0 Å². The molecule has 1 N–H and O–H groups in total. The molecular weight excluding hydrogens is 334 g/mol. The van der Waals surface area contributed by atoms with E-state index in [1.54, 1.807) is 0 Å². The van der Waals surface area contributed by atoms with E-state index in [2.05, 4.69) is 59.4 Å². The number of hydrogen-bond acceptors (Lipinski definition) is 1. The number of likely N-dealkylation sites (N-methyl/N-ethyl adjacent to an activating group) is 1. The minimum atomic E-state index is 0.274. The highest BCUT2D eigenvalue weighted by molar-refractivity contribution is 9.10. The van der Waals surface area contributed by atoms with Gasteiger partial charge in [-0.05, 0) is 54.8 Å². The van der Waals surface area contributed by atoms with E-state index in [1.165, 1.54) is 16.7 Å². The fourth-order valence-electron chi connectivity index (χ4n) is 2.40. The van der Waals surface area contributed by atoms with Crippen LogP contribution in [0.15, 0.2) is 46.9 Å². The molecule has 0 aromatic heterocycles. The van der Waals surface area contributed by atoms with Crippen molar-refractivity contribution in [2.45, 2.75) is 26.3 Å². The summed E-state index contributed by atoms with van der Waals surface area (Å²) in [6.45, 7) is 5.18. The maximum Gasteiger partial charge on any atom is 0.0438 e. The first kappa shape index (κ1) is 15.6. The summed E-state index contributed by atoms with van der Waals surface area (Å²) in [4.78, 5) is 0. The Morgan fingerprint density at radius 1 is 1.20 bits per heavy atom. The van der Waals surface area contributed by atoms with Crippen molar-refractivity contribution in [3.8, 4) is 0 Å². The van der Waals surface area contributed by atoms with Crippen molar-refractivity contribution in [2.24, 2.45) is 0 Å². The van der Waals surface area contributed by atoms with Crippen LogP contribution in [0.1, 0.15) is 29.7 Å². The molecule has 0 aliphatic carbocycles. The molecular formula is C17H19BrClN. The van der Waals surface area contributed by atoms with Gasteiger partial charge >= 0.3 is 0 Å². The molecule has 106 valence electrons. The number of hydrogen-bond donors (Lipinski definition) is 1. The van der Waals surface area contributed by atoms with E-state index >= 15 is 0 Å². The first-order valence-electron chi connectivity index (χ1n) is 6.84. The standard InChI is InChI=1S/C17H19BrClN/c1-3-20-17(11-13-6-4-5-7-16(13)19)14-8-12(2)9-15(18)10-14/h4-10,17,20H,3,11H2,1-2H3. The minimum absolute atomic E-state index is 0.274. The van der Waals surface area contributed by atoms with E-state index in [1.807, 2.05) is 18.2 Å². The Labute approximate surface area is 134 Å². The second kappa shape index (κ2) is 7.26. The number of aryl methyl sites for hydroxylation is 1. The summed E-state index contributed by atoms with van der Waals surface area (Å²) in [6.07, 6.45) is 0.892. The van der Waals surface area contributed by atoms with Crippen molar-refractivity contribution >= 4 is 27.5 Å². The van der Waals surface area contributed by atoms with Crippen LogP contribution < -0.4 is 5.32 Å². The molecule has 0 amide bonds. The van der Waals surface area contributed by atoms with Crippen molar-refractivity contribution in [2.75, 3.05) is 6.54 Å². The smallest absolute Gasteiger partial charge is 0.0438 e. The normalized spacial score (nSPS) is 12.4. The Balaban J connectivity index is 2.29. The van der Waals surface area contributed by atoms with Gasteiger partial charge in [0.25, 0.3) is 0 Å². The number of halogens is 2. The van der Waals surface area contributed by atoms with E-state index in [0.717, 1.165) is 22.5 Å². The predicted octanol–water partition coefficient (Wildman–Crippen LogP) is 5.30. The SMILES string of the molecule is CCNC(Cc1ccccc1Cl)c1cc(C)cc(Br)c1. The Kier molecular flexibility index (Phi) is 5.64. The molecule has 2 aromatic carbocycles. The minimum Gasteiger partial charge on any atom is -0.310 e. The van der Waals surface area contributed by atoms with Gasteiger partial charge in [-0.25, -0.2) is 0 Å². The van der Waals surface area contributed by atoms with E-state index in [9.17, 15) is 0 Å². The average Bonchev–Trinajstić information content (AvgIpc) is 2.39. The highest BCUT2D eigenvalue weighted by Gasteiger charge is 2.13. The molecule has 2 rings (SSSR count). The number of nitrogens with one attached hydrogen (secondary N) is 1. The van der Waals surface area contributed by atoms with Crippen molar-refractivity contribution in [1.82, 2.24) is 5.32 Å². The predicted molar refractivity (Wildman–Crippen MR) is 90.5 cm³/mol. The van der Waals surface area contributed by atoms with Crippen LogP contribution in [0.25, 0.3) is 0 Å². The quantitative estimate of drug-likeness (QED) is 0.769. The zero-order valence-electron chi connectivity index (χ0n) is 11.8. The molecule has 1 atom stereocenters. The molecule has 0 radical (unpaired) electrons. The Hall–Kier alpha value is -0.830. The third-order valence-corrected chi connectivity index (χ3v) is 4.13. The molecule has 0 heterocycles. The molecule has 0 aliphatic rings. The van der Waals surface area contributed by atoms with Crippen LogP contribution in [0, 0.1) is 6.92 Å². The maximum atomic E-state index is 6.28. The summed E-state index contributed by atoms with van der Waals surface area (Å²) >= 11 is 9.86. The lowest BCUT2D eigenvalue weighted by atomic mass is 9.97. The van der Waals surface area contributed by atoms with Gasteiger partial charge < -0.3 is 5.32 Å². The first-order valence-corrected chi connectivity index (χ1v) is 8.01. The van der Waals surface area contributed by atoms with Crippen LogP contribution in [0.4, 0.5) is 0 Å². The molecule has 1 unspecified atom stereocenters. The monoisotopic (exact) mass is 351 g/mol. The topological polar surface area (TPSA) is 12.0 Å². The Morgan fingerprint density at radius 2 is 1.95 bits per heavy atom. The maximum absolute atomic E-state index is 6.28. The Bertz CT molecular complexity index is 563. The highest BCUT2D eigenvalue weighted by atomic mass is 79.9. The molecule has 0 aliphatic heterocycles. The summed E-state index contributed by atoms with van der Waals surface area (Å²) in [6, 6.07) is 14.9. The lowest BCUT2D eigenvalue weighted by Gasteiger charge is -2.20. The lowest BCUT2D eigenvalue weighted by molar-refractivity contribution is 0.549. The lowest BCUT2D eigenvalue weighted by Crippen LogP contribution is -2.23. The summed E-state index contributed by atoms with van der Waals surface area (Å²) in [5.41, 5.74) is 3.73. The molecule has 20 heavy (non-hydrogen) atoms. The molecule has 0 fully saturated rings. The molecule has 2 aromatic rings. The van der Waals surface area contributed by atoms with E-state index in [-0.39, 0.29) is 6.04 Å². The van der Waals surface area contributed by atoms with Gasteiger partial charge in [-0.15, -0.1) is 0 Å². The first-order chi connectivity index (χ1) is 9.60. The molecule has 3 heteroatoms. The zero-order chi connectivity index (χ0) is 14.5. The Morgan fingerprint density at radius 3 is 2.60 bits per heavy atom. The molecule has 0 saturated heterocycles. The van der Waals surface area contributed by atoms with Gasteiger partial charge in [0, 0.05) is 15.5 Å². The second-order valence-electron chi connectivity index (χ2n) is 4.97. The van der Waals surface area contributed by atoms with Gasteiger partial charge in [-0.1, -0.05) is 58.7 Å². The van der Waals surface area contributed by atoms with Gasteiger partial charge in [0.05, 0.1) is 0 Å². The van der Waals surface area contributed by atoms with Crippen LogP contribution in [-0.4, -0.2) is 6.54 Å². The van der Waals surface area contributed by atoms with Crippen molar-refractivity contribution in [1.29, 1.82) is 0 Å². The van der Waals surface area contributed by atoms with Gasteiger partial charge in [0.1, 0.15) is 0 Å². The summed E-state index contributed by atoms with van der Waals surface area (Å²) in [7, 11) is 0. The van der Waals surface area contributed by atoms with E-state index in [0.29, 0.717) is 0 Å². The fourth-order valence-corrected chi connectivity index (χ4v) is 3.24. The van der Waals surface area contributed by atoms with Gasteiger partial charge in [-0.3, -0.25) is 0 Å². The van der Waals surface area contributed by atoms with Crippen LogP contribution >= 0.6 is 27.5 Å². The van der Waals surface area contributed by atoms with Crippen molar-refractivity contribution in [3.63, 3.8) is 0 Å². The zero-order valence-corrected chi connectivity index (χ0v) is 14.1. The summed E-state index contributed by atoms with van der Waals surface area (Å²) in [5, 5.41) is 4.38. The summed E-state index contributed by atoms with van der Waals surface area (Å²) in [5.74, 6) is 0. The highest BCUT2D eigenvalue weighted by Crippen LogP contribution is 2.26. The molecule has 1 nitrogen and oxygen atoms in total. The van der Waals surface area contributed by atoms with E-state index in [4.69, 9.17) is 11.6 Å². The number of benzene rings is 2. The largest absolute Gasteiger partial charge is 0.310 e. The number of rotatable bonds is 5. The van der Waals surface area contributed by atoms with Crippen LogP contribution in [-0.2, 0) is 6.42 Å². The third-order valence-electron chi connectivity index (χ3n) is 3.30. The molecule has 0 bridgehead atoms. The fraction of sp³-hybridized carbons (Fsp3) is 0.294. The van der Waals surface area contributed by atoms with Gasteiger partial charge in [0.15, 0.2) is 0 Å². The van der Waals surface area contributed by atoms with E-state index < -0.39 is 0 Å². The summed E-state index contributed by atoms with van der Waals surface area (Å²) < 4.78 is 1.12. The van der Waals surface area contributed by atoms with Crippen molar-refractivity contribution < 1.29 is 0 Å². The molecule has 0 saturated carbocycles. The van der Waals surface area contributed by atoms with Gasteiger partial charge in [-0.2, -0.15) is 0 Å². The van der Waals surface area contributed by atoms with Gasteiger partial charge in [0.2, 0.25) is 0 Å².